The second-order valence-corrected chi connectivity index (χ2v) is 10.1. The summed E-state index contributed by atoms with van der Waals surface area (Å²) < 4.78 is 4.68. The Morgan fingerprint density at radius 1 is 0.781 bits per heavy atom. The summed E-state index contributed by atoms with van der Waals surface area (Å²) in [5, 5.41) is 0. The predicted molar refractivity (Wildman–Crippen MR) is 137 cm³/mol. The summed E-state index contributed by atoms with van der Waals surface area (Å²) in [6.45, 7) is 2.25. The number of halogens is 2. The van der Waals surface area contributed by atoms with E-state index < -0.39 is 4.33 Å². The molecule has 0 saturated heterocycles. The molecule has 1 atom stereocenters. The maximum atomic E-state index is 12.9. The van der Waals surface area contributed by atoms with E-state index in [9.17, 15) is 4.79 Å². The molecule has 0 bridgehead atoms. The third-order valence-electron chi connectivity index (χ3n) is 5.78. The highest BCUT2D eigenvalue weighted by Gasteiger charge is 2.37. The van der Waals surface area contributed by atoms with Crippen LogP contribution in [0.25, 0.3) is 0 Å². The van der Waals surface area contributed by atoms with Crippen molar-refractivity contribution in [2.24, 2.45) is 0 Å². The Morgan fingerprint density at radius 3 is 1.84 bits per heavy atom. The fraction of sp³-hybridized carbons (Fsp3) is 0.536. The highest BCUT2D eigenvalue weighted by molar-refractivity contribution is 6.59. The van der Waals surface area contributed by atoms with Crippen molar-refractivity contribution in [3.05, 3.63) is 66.2 Å². The van der Waals surface area contributed by atoms with Gasteiger partial charge in [-0.25, -0.2) is 0 Å². The molecule has 2 rings (SSSR count). The molecule has 32 heavy (non-hydrogen) atoms. The lowest BCUT2D eigenvalue weighted by Gasteiger charge is -2.26. The van der Waals surface area contributed by atoms with Gasteiger partial charge in [-0.3, -0.25) is 4.79 Å². The summed E-state index contributed by atoms with van der Waals surface area (Å²) in [4.78, 5) is 12.9. The van der Waals surface area contributed by atoms with Crippen molar-refractivity contribution in [2.45, 2.75) is 94.4 Å². The van der Waals surface area contributed by atoms with Gasteiger partial charge in [0.2, 0.25) is 0 Å². The topological polar surface area (TPSA) is 26.3 Å². The van der Waals surface area contributed by atoms with Crippen molar-refractivity contribution in [1.82, 2.24) is 0 Å². The molecule has 0 aliphatic heterocycles. The number of hydrogen-bond donors (Lipinski definition) is 0. The molecule has 2 aromatic rings. The van der Waals surface area contributed by atoms with Gasteiger partial charge in [-0.15, -0.1) is 0 Å². The molecule has 2 nitrogen and oxygen atoms in total. The van der Waals surface area contributed by atoms with E-state index in [1.807, 2.05) is 48.5 Å². The van der Waals surface area contributed by atoms with Crippen LogP contribution in [0.4, 0.5) is 0 Å². The number of para-hydroxylation sites is 1. The molecule has 176 valence electrons. The molecular weight excluding hydrogens is 439 g/mol. The van der Waals surface area contributed by atoms with Gasteiger partial charge in [-0.2, -0.15) is 0 Å². The average Bonchev–Trinajstić information content (AvgIpc) is 2.80. The number of unbranched alkanes of at least 4 members (excludes halogenated alkanes) is 9. The highest BCUT2D eigenvalue weighted by Crippen LogP contribution is 2.34. The minimum atomic E-state index is -1.51. The van der Waals surface area contributed by atoms with Crippen LogP contribution in [0.1, 0.15) is 94.3 Å². The molecule has 0 radical (unpaired) electrons. The van der Waals surface area contributed by atoms with E-state index in [1.165, 1.54) is 51.4 Å². The van der Waals surface area contributed by atoms with Crippen LogP contribution in [0.2, 0.25) is 0 Å². The second kappa shape index (κ2) is 15.3. The van der Waals surface area contributed by atoms with Crippen LogP contribution in [-0.2, 0) is 0 Å². The van der Waals surface area contributed by atoms with E-state index in [0.717, 1.165) is 25.0 Å². The Kier molecular flexibility index (Phi) is 12.8. The van der Waals surface area contributed by atoms with E-state index >= 15 is 0 Å². The lowest BCUT2D eigenvalue weighted by Crippen LogP contribution is -2.33. The van der Waals surface area contributed by atoms with Crippen LogP contribution >= 0.6 is 23.2 Å². The average molecular weight is 478 g/mol. The fourth-order valence-electron chi connectivity index (χ4n) is 3.93. The van der Waals surface area contributed by atoms with E-state index in [0.29, 0.717) is 5.56 Å². The van der Waals surface area contributed by atoms with Gasteiger partial charge in [0.1, 0.15) is 11.9 Å². The van der Waals surface area contributed by atoms with E-state index in [4.69, 9.17) is 27.9 Å². The predicted octanol–water partition coefficient (Wildman–Crippen LogP) is 9.19. The summed E-state index contributed by atoms with van der Waals surface area (Å²) in [5.74, 6) is 0.507. The summed E-state index contributed by atoms with van der Waals surface area (Å²) in [6, 6.07) is 18.7. The smallest absolute Gasteiger partial charge is 0.198 e. The number of Topliss-reactive ketones (excluding diaryl/α,β-unsaturated/α-hetero) is 1. The Hall–Kier alpha value is -1.51. The summed E-state index contributed by atoms with van der Waals surface area (Å²) in [5.41, 5.74) is 0.523. The minimum Gasteiger partial charge on any atom is -0.490 e. The molecule has 2 aromatic carbocycles. The first-order valence-corrected chi connectivity index (χ1v) is 13.0. The maximum absolute atomic E-state index is 12.9. The maximum Gasteiger partial charge on any atom is 0.198 e. The van der Waals surface area contributed by atoms with Crippen LogP contribution in [0, 0.1) is 0 Å². The van der Waals surface area contributed by atoms with Crippen LogP contribution < -0.4 is 4.74 Å². The third-order valence-corrected chi connectivity index (χ3v) is 6.43. The summed E-state index contributed by atoms with van der Waals surface area (Å²) in [6.07, 6.45) is 13.7. The number of rotatable bonds is 17. The number of benzene rings is 2. The minimum absolute atomic E-state index is 0.214. The van der Waals surface area contributed by atoms with Crippen molar-refractivity contribution >= 4 is 29.0 Å². The molecule has 0 amide bonds. The molecule has 0 spiro atoms. The molecule has 0 fully saturated rings. The number of alkyl halides is 2. The first-order valence-electron chi connectivity index (χ1n) is 12.2. The van der Waals surface area contributed by atoms with Gasteiger partial charge in [0.05, 0.1) is 0 Å². The van der Waals surface area contributed by atoms with Gasteiger partial charge in [-0.05, 0) is 25.0 Å². The van der Waals surface area contributed by atoms with Gasteiger partial charge in [-0.1, -0.05) is 136 Å². The zero-order valence-electron chi connectivity index (χ0n) is 19.4. The van der Waals surface area contributed by atoms with Crippen molar-refractivity contribution in [2.75, 3.05) is 0 Å². The molecule has 0 heterocycles. The van der Waals surface area contributed by atoms with Gasteiger partial charge >= 0.3 is 0 Å². The van der Waals surface area contributed by atoms with Gasteiger partial charge in [0.25, 0.3) is 0 Å². The first kappa shape index (κ1) is 26.7. The monoisotopic (exact) mass is 476 g/mol. The lowest BCUT2D eigenvalue weighted by atomic mass is 9.99. The molecule has 4 heteroatoms. The Balaban J connectivity index is 1.83. The highest BCUT2D eigenvalue weighted by atomic mass is 35.5. The fourth-order valence-corrected chi connectivity index (χ4v) is 4.50. The molecule has 0 N–H and O–H groups in total. The Bertz CT molecular complexity index is 747. The number of ether oxygens (including phenoxy) is 1. The van der Waals surface area contributed by atoms with Crippen molar-refractivity contribution in [3.8, 4) is 5.75 Å². The molecule has 0 aliphatic rings. The zero-order chi connectivity index (χ0) is 23.1. The number of carbonyl (C=O) groups excluding carboxylic acids is 1. The van der Waals surface area contributed by atoms with Crippen LogP contribution in [0.3, 0.4) is 0 Å². The molecular formula is C28H38Cl2O2. The second-order valence-electron chi connectivity index (χ2n) is 8.63. The molecule has 0 aliphatic carbocycles. The van der Waals surface area contributed by atoms with E-state index in [2.05, 4.69) is 6.92 Å². The SMILES string of the molecule is CCCCCCCCCCCC[C@H](CC(Cl)(Cl)C(=O)c1ccccc1)Oc1ccccc1. The first-order chi connectivity index (χ1) is 15.5. The van der Waals surface area contributed by atoms with Gasteiger partial charge < -0.3 is 4.74 Å². The van der Waals surface area contributed by atoms with Gasteiger partial charge in [0, 0.05) is 12.0 Å². The van der Waals surface area contributed by atoms with E-state index in [1.54, 1.807) is 12.1 Å². The molecule has 0 aromatic heterocycles. The van der Waals surface area contributed by atoms with Crippen LogP contribution in [0.5, 0.6) is 5.75 Å². The summed E-state index contributed by atoms with van der Waals surface area (Å²) >= 11 is 13.1. The molecule has 0 unspecified atom stereocenters. The number of carbonyl (C=O) groups is 1. The van der Waals surface area contributed by atoms with Crippen molar-refractivity contribution < 1.29 is 9.53 Å². The molecule has 0 saturated carbocycles. The van der Waals surface area contributed by atoms with Crippen LogP contribution in [-0.4, -0.2) is 16.2 Å². The van der Waals surface area contributed by atoms with Crippen LogP contribution in [0.15, 0.2) is 60.7 Å². The summed E-state index contributed by atoms with van der Waals surface area (Å²) in [7, 11) is 0. The largest absolute Gasteiger partial charge is 0.490 e. The van der Waals surface area contributed by atoms with Crippen molar-refractivity contribution in [3.63, 3.8) is 0 Å². The Labute approximate surface area is 204 Å². The zero-order valence-corrected chi connectivity index (χ0v) is 20.9. The normalized spacial score (nSPS) is 12.5. The number of hydrogen-bond acceptors (Lipinski definition) is 2. The van der Waals surface area contributed by atoms with Crippen molar-refractivity contribution in [1.29, 1.82) is 0 Å². The third kappa shape index (κ3) is 10.4. The number of ketones is 1. The lowest BCUT2D eigenvalue weighted by molar-refractivity contribution is 0.0932. The van der Waals surface area contributed by atoms with E-state index in [-0.39, 0.29) is 18.3 Å². The Morgan fingerprint density at radius 2 is 1.28 bits per heavy atom. The quantitative estimate of drug-likeness (QED) is 0.129. The standard InChI is InChI=1S/C28H38Cl2O2/c1-2-3-4-5-6-7-8-9-10-15-22-26(32-25-20-16-12-17-21-25)23-28(29,30)27(31)24-18-13-11-14-19-24/h11-14,16-21,26H,2-10,15,22-23H2,1H3/t26-/m1/s1. The van der Waals surface area contributed by atoms with Gasteiger partial charge in [0.15, 0.2) is 10.1 Å².